The molecule has 0 saturated heterocycles. The van der Waals surface area contributed by atoms with Crippen LogP contribution in [0.25, 0.3) is 0 Å². The van der Waals surface area contributed by atoms with E-state index in [0.29, 0.717) is 12.5 Å². The smallest absolute Gasteiger partial charge is 0.136 e. The molecule has 0 spiro atoms. The summed E-state index contributed by atoms with van der Waals surface area (Å²) in [5.41, 5.74) is 0. The second kappa shape index (κ2) is 6.54. The van der Waals surface area contributed by atoms with Gasteiger partial charge in [0.15, 0.2) is 0 Å². The Morgan fingerprint density at radius 1 is 1.22 bits per heavy atom. The van der Waals surface area contributed by atoms with Crippen molar-refractivity contribution in [3.8, 4) is 0 Å². The van der Waals surface area contributed by atoms with E-state index < -0.39 is 0 Å². The maximum atomic E-state index is 5.30. The highest BCUT2D eigenvalue weighted by Crippen LogP contribution is 2.38. The minimum Gasteiger partial charge on any atom is -0.380 e. The molecule has 0 unspecified atom stereocenters. The van der Waals surface area contributed by atoms with Crippen molar-refractivity contribution in [1.82, 2.24) is 9.97 Å². The van der Waals surface area contributed by atoms with Crippen LogP contribution in [0.1, 0.15) is 38.4 Å². The monoisotopic (exact) mass is 250 g/mol. The molecular weight excluding hydrogens is 228 g/mol. The van der Waals surface area contributed by atoms with E-state index in [0.717, 1.165) is 37.2 Å². The second-order valence-electron chi connectivity index (χ2n) is 4.42. The Morgan fingerprint density at radius 2 is 1.94 bits per heavy atom. The Balaban J connectivity index is 1.98. The van der Waals surface area contributed by atoms with Gasteiger partial charge < -0.3 is 15.4 Å². The summed E-state index contributed by atoms with van der Waals surface area (Å²) in [4.78, 5) is 9.09. The van der Waals surface area contributed by atoms with E-state index in [1.54, 1.807) is 0 Å². The van der Waals surface area contributed by atoms with Crippen molar-refractivity contribution in [3.05, 3.63) is 11.9 Å². The molecule has 0 aliphatic heterocycles. The number of rotatable bonds is 8. The van der Waals surface area contributed by atoms with Crippen molar-refractivity contribution >= 4 is 11.6 Å². The predicted octanol–water partition coefficient (Wildman–Crippen LogP) is 2.23. The highest BCUT2D eigenvalue weighted by molar-refractivity contribution is 5.48. The zero-order chi connectivity index (χ0) is 12.8. The third kappa shape index (κ3) is 3.84. The summed E-state index contributed by atoms with van der Waals surface area (Å²) < 4.78 is 5.30. The van der Waals surface area contributed by atoms with Crippen LogP contribution in [0, 0.1) is 0 Å². The van der Waals surface area contributed by atoms with Crippen molar-refractivity contribution in [2.45, 2.75) is 32.6 Å². The lowest BCUT2D eigenvalue weighted by molar-refractivity contribution is 0.158. The first kappa shape index (κ1) is 13.1. The van der Waals surface area contributed by atoms with Crippen molar-refractivity contribution in [1.29, 1.82) is 0 Å². The van der Waals surface area contributed by atoms with E-state index in [-0.39, 0.29) is 0 Å². The van der Waals surface area contributed by atoms with Crippen LogP contribution in [-0.4, -0.2) is 36.3 Å². The molecule has 2 rings (SSSR count). The second-order valence-corrected chi connectivity index (χ2v) is 4.42. The van der Waals surface area contributed by atoms with Crippen molar-refractivity contribution < 1.29 is 4.74 Å². The summed E-state index contributed by atoms with van der Waals surface area (Å²) in [7, 11) is 0. The topological polar surface area (TPSA) is 59.1 Å². The Hall–Kier alpha value is -1.36. The van der Waals surface area contributed by atoms with Crippen molar-refractivity contribution in [3.63, 3.8) is 0 Å². The fourth-order valence-corrected chi connectivity index (χ4v) is 1.75. The van der Waals surface area contributed by atoms with Crippen LogP contribution < -0.4 is 10.6 Å². The highest BCUT2D eigenvalue weighted by Gasteiger charge is 2.27. The van der Waals surface area contributed by atoms with Gasteiger partial charge in [-0.15, -0.1) is 0 Å². The number of hydrogen-bond donors (Lipinski definition) is 2. The molecule has 1 heterocycles. The molecule has 2 N–H and O–H groups in total. The first-order chi connectivity index (χ1) is 8.83. The van der Waals surface area contributed by atoms with Gasteiger partial charge in [0.2, 0.25) is 0 Å². The maximum absolute atomic E-state index is 5.30. The molecule has 0 aromatic carbocycles. The van der Waals surface area contributed by atoms with Gasteiger partial charge in [0.1, 0.15) is 17.5 Å². The summed E-state index contributed by atoms with van der Waals surface area (Å²) in [6.45, 7) is 7.18. The van der Waals surface area contributed by atoms with E-state index in [2.05, 4.69) is 27.5 Å². The standard InChI is InChI=1S/C13H22N4O/c1-3-14-11-9-12(15-7-8-18-4-2)17-13(16-11)10-5-6-10/h9-10H,3-8H2,1-2H3,(H2,14,15,16,17). The van der Waals surface area contributed by atoms with E-state index in [9.17, 15) is 0 Å². The largest absolute Gasteiger partial charge is 0.380 e. The molecule has 1 aliphatic carbocycles. The predicted molar refractivity (Wildman–Crippen MR) is 73.2 cm³/mol. The quantitative estimate of drug-likeness (QED) is 0.693. The number of ether oxygens (including phenoxy) is 1. The number of nitrogens with zero attached hydrogens (tertiary/aromatic N) is 2. The van der Waals surface area contributed by atoms with Crippen LogP contribution in [-0.2, 0) is 4.74 Å². The number of anilines is 2. The molecule has 0 atom stereocenters. The van der Waals surface area contributed by atoms with Crippen molar-refractivity contribution in [2.75, 3.05) is 36.9 Å². The fourth-order valence-electron chi connectivity index (χ4n) is 1.75. The summed E-state index contributed by atoms with van der Waals surface area (Å²) in [5.74, 6) is 3.33. The van der Waals surface area contributed by atoms with Gasteiger partial charge in [-0.25, -0.2) is 9.97 Å². The SMILES string of the molecule is CCNc1cc(NCCOCC)nc(C2CC2)n1. The summed E-state index contributed by atoms with van der Waals surface area (Å²) in [6, 6.07) is 1.96. The van der Waals surface area contributed by atoms with Crippen LogP contribution in [0.4, 0.5) is 11.6 Å². The van der Waals surface area contributed by atoms with Gasteiger partial charge in [0.25, 0.3) is 0 Å². The van der Waals surface area contributed by atoms with E-state index >= 15 is 0 Å². The van der Waals surface area contributed by atoms with Crippen molar-refractivity contribution in [2.24, 2.45) is 0 Å². The van der Waals surface area contributed by atoms with E-state index in [4.69, 9.17) is 4.74 Å². The van der Waals surface area contributed by atoms with Crippen LogP contribution >= 0.6 is 0 Å². The lowest BCUT2D eigenvalue weighted by Crippen LogP contribution is -2.12. The molecule has 0 bridgehead atoms. The zero-order valence-corrected chi connectivity index (χ0v) is 11.2. The molecular formula is C13H22N4O. The molecule has 0 amide bonds. The van der Waals surface area contributed by atoms with Gasteiger partial charge in [-0.1, -0.05) is 0 Å². The number of nitrogens with one attached hydrogen (secondary N) is 2. The van der Waals surface area contributed by atoms with Gasteiger partial charge in [0, 0.05) is 31.7 Å². The molecule has 1 aliphatic rings. The maximum Gasteiger partial charge on any atom is 0.136 e. The third-order valence-corrected chi connectivity index (χ3v) is 2.80. The molecule has 5 heteroatoms. The van der Waals surface area contributed by atoms with Crippen LogP contribution in [0.5, 0.6) is 0 Å². The van der Waals surface area contributed by atoms with Crippen LogP contribution in [0.15, 0.2) is 6.07 Å². The first-order valence-corrected chi connectivity index (χ1v) is 6.78. The summed E-state index contributed by atoms with van der Waals surface area (Å²) >= 11 is 0. The van der Waals surface area contributed by atoms with E-state index in [1.165, 1.54) is 12.8 Å². The lowest BCUT2D eigenvalue weighted by atomic mass is 10.3. The summed E-state index contributed by atoms with van der Waals surface area (Å²) in [5, 5.41) is 6.54. The highest BCUT2D eigenvalue weighted by atomic mass is 16.5. The molecule has 5 nitrogen and oxygen atoms in total. The van der Waals surface area contributed by atoms with E-state index in [1.807, 2.05) is 13.0 Å². The van der Waals surface area contributed by atoms with Gasteiger partial charge in [-0.3, -0.25) is 0 Å². The normalized spacial score (nSPS) is 14.6. The molecule has 0 radical (unpaired) electrons. The molecule has 1 aromatic heterocycles. The number of hydrogen-bond acceptors (Lipinski definition) is 5. The minimum absolute atomic E-state index is 0.566. The van der Waals surface area contributed by atoms with Crippen LogP contribution in [0.3, 0.4) is 0 Å². The van der Waals surface area contributed by atoms with Gasteiger partial charge >= 0.3 is 0 Å². The Morgan fingerprint density at radius 3 is 2.56 bits per heavy atom. The first-order valence-electron chi connectivity index (χ1n) is 6.78. The Kier molecular flexibility index (Phi) is 4.75. The Labute approximate surface area is 108 Å². The molecule has 1 fully saturated rings. The summed E-state index contributed by atoms with van der Waals surface area (Å²) in [6.07, 6.45) is 2.43. The van der Waals surface area contributed by atoms with Gasteiger partial charge in [-0.2, -0.15) is 0 Å². The number of aromatic nitrogens is 2. The molecule has 18 heavy (non-hydrogen) atoms. The molecule has 100 valence electrons. The molecule has 1 saturated carbocycles. The minimum atomic E-state index is 0.566. The zero-order valence-electron chi connectivity index (χ0n) is 11.2. The molecule has 1 aromatic rings. The van der Waals surface area contributed by atoms with Crippen LogP contribution in [0.2, 0.25) is 0 Å². The van der Waals surface area contributed by atoms with Gasteiger partial charge in [0.05, 0.1) is 6.61 Å². The fraction of sp³-hybridized carbons (Fsp3) is 0.692. The third-order valence-electron chi connectivity index (χ3n) is 2.80. The average Bonchev–Trinajstić information content (AvgIpc) is 3.19. The lowest BCUT2D eigenvalue weighted by Gasteiger charge is -2.10. The van der Waals surface area contributed by atoms with Gasteiger partial charge in [-0.05, 0) is 26.7 Å². The average molecular weight is 250 g/mol. The Bertz CT molecular complexity index is 379.